The fourth-order valence-corrected chi connectivity index (χ4v) is 1.42. The van der Waals surface area contributed by atoms with E-state index in [0.717, 1.165) is 12.8 Å². The lowest BCUT2D eigenvalue weighted by molar-refractivity contribution is 0.760. The van der Waals surface area contributed by atoms with Gasteiger partial charge in [-0.1, -0.05) is 48.6 Å². The highest BCUT2D eigenvalue weighted by Gasteiger charge is 1.83. The van der Waals surface area contributed by atoms with Gasteiger partial charge in [-0.2, -0.15) is 0 Å². The third kappa shape index (κ3) is 6.47. The fraction of sp³-hybridized carbons (Fsp3) is 0.429. The average molecular weight is 188 g/mol. The molecule has 1 aliphatic carbocycles. The summed E-state index contributed by atoms with van der Waals surface area (Å²) in [5.74, 6) is 0. The Kier molecular flexibility index (Phi) is 6.74. The van der Waals surface area contributed by atoms with Crippen LogP contribution in [0.4, 0.5) is 0 Å². The van der Waals surface area contributed by atoms with Crippen molar-refractivity contribution in [3.63, 3.8) is 0 Å². The fourth-order valence-electron chi connectivity index (χ4n) is 1.42. The van der Waals surface area contributed by atoms with E-state index in [1.807, 2.05) is 0 Å². The van der Waals surface area contributed by atoms with Crippen LogP contribution in [-0.2, 0) is 0 Å². The van der Waals surface area contributed by atoms with Gasteiger partial charge in [0.25, 0.3) is 0 Å². The topological polar surface area (TPSA) is 0 Å². The van der Waals surface area contributed by atoms with Gasteiger partial charge in [-0.15, -0.1) is 0 Å². The van der Waals surface area contributed by atoms with Crippen LogP contribution in [0.15, 0.2) is 48.6 Å². The largest absolute Gasteiger partial charge is 0.0882 e. The van der Waals surface area contributed by atoms with Crippen molar-refractivity contribution in [2.75, 3.05) is 0 Å². The molecule has 14 heavy (non-hydrogen) atoms. The Labute approximate surface area is 87.7 Å². The second-order valence-electron chi connectivity index (χ2n) is 3.55. The van der Waals surface area contributed by atoms with Crippen LogP contribution >= 0.6 is 0 Å². The molecule has 76 valence electrons. The first-order valence-electron chi connectivity index (χ1n) is 5.62. The number of allylic oxidation sites excluding steroid dienone is 8. The normalized spacial score (nSPS) is 26.3. The summed E-state index contributed by atoms with van der Waals surface area (Å²) in [6, 6.07) is 0. The maximum atomic E-state index is 2.30. The Morgan fingerprint density at radius 3 is 1.50 bits per heavy atom. The predicted octanol–water partition coefficient (Wildman–Crippen LogP) is 4.57. The van der Waals surface area contributed by atoms with Crippen LogP contribution in [0, 0.1) is 0 Å². The number of hydrogen-bond donors (Lipinski definition) is 0. The first-order valence-corrected chi connectivity index (χ1v) is 5.62. The van der Waals surface area contributed by atoms with Gasteiger partial charge in [-0.05, 0) is 38.5 Å². The summed E-state index contributed by atoms with van der Waals surface area (Å²) in [4.78, 5) is 0. The molecular formula is C14H20. The van der Waals surface area contributed by atoms with Crippen LogP contribution in [0.5, 0.6) is 0 Å². The van der Waals surface area contributed by atoms with Crippen molar-refractivity contribution in [3.8, 4) is 0 Å². The van der Waals surface area contributed by atoms with Gasteiger partial charge >= 0.3 is 0 Å². The van der Waals surface area contributed by atoms with Gasteiger partial charge in [0.15, 0.2) is 0 Å². The van der Waals surface area contributed by atoms with E-state index < -0.39 is 0 Å². The molecule has 0 heteroatoms. The van der Waals surface area contributed by atoms with Gasteiger partial charge in [0.1, 0.15) is 0 Å². The van der Waals surface area contributed by atoms with Crippen molar-refractivity contribution < 1.29 is 0 Å². The zero-order chi connectivity index (χ0) is 9.90. The molecule has 0 N–H and O–H groups in total. The molecule has 0 radical (unpaired) electrons. The lowest BCUT2D eigenvalue weighted by Gasteiger charge is -1.93. The SMILES string of the molecule is C1=CC/C=C/CCCC/C=C\C/C=C\1. The van der Waals surface area contributed by atoms with Gasteiger partial charge in [0, 0.05) is 0 Å². The van der Waals surface area contributed by atoms with E-state index in [4.69, 9.17) is 0 Å². The molecule has 0 amide bonds. The maximum Gasteiger partial charge on any atom is -0.0166 e. The van der Waals surface area contributed by atoms with Crippen LogP contribution in [0.1, 0.15) is 38.5 Å². The predicted molar refractivity (Wildman–Crippen MR) is 64.3 cm³/mol. The van der Waals surface area contributed by atoms with Crippen molar-refractivity contribution in [1.82, 2.24) is 0 Å². The minimum Gasteiger partial charge on any atom is -0.0882 e. The summed E-state index contributed by atoms with van der Waals surface area (Å²) in [5, 5.41) is 0. The first kappa shape index (κ1) is 11.0. The summed E-state index contributed by atoms with van der Waals surface area (Å²) in [5.41, 5.74) is 0. The summed E-state index contributed by atoms with van der Waals surface area (Å²) >= 11 is 0. The average Bonchev–Trinajstić information content (AvgIpc) is 2.22. The lowest BCUT2D eigenvalue weighted by Crippen LogP contribution is -1.73. The molecule has 1 rings (SSSR count). The van der Waals surface area contributed by atoms with Crippen LogP contribution in [0.25, 0.3) is 0 Å². The zero-order valence-electron chi connectivity index (χ0n) is 8.86. The van der Waals surface area contributed by atoms with Crippen molar-refractivity contribution in [2.24, 2.45) is 0 Å². The summed E-state index contributed by atoms with van der Waals surface area (Å²) in [7, 11) is 0. The van der Waals surface area contributed by atoms with E-state index in [2.05, 4.69) is 48.6 Å². The van der Waals surface area contributed by atoms with Crippen LogP contribution in [0.3, 0.4) is 0 Å². The molecule has 0 aromatic heterocycles. The molecule has 1 aliphatic rings. The molecule has 0 spiro atoms. The third-order valence-electron chi connectivity index (χ3n) is 2.25. The second-order valence-corrected chi connectivity index (χ2v) is 3.55. The Bertz CT molecular complexity index is 202. The van der Waals surface area contributed by atoms with Crippen LogP contribution < -0.4 is 0 Å². The van der Waals surface area contributed by atoms with Gasteiger partial charge < -0.3 is 0 Å². The van der Waals surface area contributed by atoms with E-state index in [0.29, 0.717) is 0 Å². The highest BCUT2D eigenvalue weighted by atomic mass is 13.9. The lowest BCUT2D eigenvalue weighted by atomic mass is 10.1. The molecule has 0 atom stereocenters. The molecule has 0 heterocycles. The van der Waals surface area contributed by atoms with Gasteiger partial charge in [-0.3, -0.25) is 0 Å². The van der Waals surface area contributed by atoms with Gasteiger partial charge in [0.2, 0.25) is 0 Å². The minimum absolute atomic E-state index is 1.07. The van der Waals surface area contributed by atoms with Crippen molar-refractivity contribution >= 4 is 0 Å². The van der Waals surface area contributed by atoms with Gasteiger partial charge in [-0.25, -0.2) is 0 Å². The molecule has 0 bridgehead atoms. The van der Waals surface area contributed by atoms with Crippen molar-refractivity contribution in [3.05, 3.63) is 48.6 Å². The summed E-state index contributed by atoms with van der Waals surface area (Å²) < 4.78 is 0. The zero-order valence-corrected chi connectivity index (χ0v) is 8.86. The van der Waals surface area contributed by atoms with Gasteiger partial charge in [0.05, 0.1) is 0 Å². The summed E-state index contributed by atoms with van der Waals surface area (Å²) in [6.45, 7) is 0. The Morgan fingerprint density at radius 2 is 1.00 bits per heavy atom. The molecular weight excluding hydrogens is 168 g/mol. The second kappa shape index (κ2) is 8.55. The van der Waals surface area contributed by atoms with E-state index in [9.17, 15) is 0 Å². The molecule has 0 saturated heterocycles. The monoisotopic (exact) mass is 188 g/mol. The minimum atomic E-state index is 1.07. The first-order chi connectivity index (χ1) is 7.00. The maximum absolute atomic E-state index is 2.30. The highest BCUT2D eigenvalue weighted by Crippen LogP contribution is 2.03. The van der Waals surface area contributed by atoms with E-state index in [1.165, 1.54) is 25.7 Å². The molecule has 0 fully saturated rings. The number of rotatable bonds is 0. The Morgan fingerprint density at radius 1 is 0.500 bits per heavy atom. The van der Waals surface area contributed by atoms with Crippen LogP contribution in [0.2, 0.25) is 0 Å². The quantitative estimate of drug-likeness (QED) is 0.489. The molecule has 0 unspecified atom stereocenters. The van der Waals surface area contributed by atoms with E-state index in [-0.39, 0.29) is 0 Å². The van der Waals surface area contributed by atoms with Crippen molar-refractivity contribution in [1.29, 1.82) is 0 Å². The summed E-state index contributed by atoms with van der Waals surface area (Å²) in [6.07, 6.45) is 25.0. The molecule has 0 saturated carbocycles. The Hall–Kier alpha value is -1.04. The highest BCUT2D eigenvalue weighted by molar-refractivity contribution is 5.06. The smallest absolute Gasteiger partial charge is 0.0166 e. The van der Waals surface area contributed by atoms with Crippen molar-refractivity contribution in [2.45, 2.75) is 38.5 Å². The molecule has 0 aliphatic heterocycles. The number of hydrogen-bond acceptors (Lipinski definition) is 0. The Balaban J connectivity index is 2.35. The molecule has 0 nitrogen and oxygen atoms in total. The molecule has 0 aromatic carbocycles. The molecule has 0 aromatic rings. The van der Waals surface area contributed by atoms with E-state index >= 15 is 0 Å². The van der Waals surface area contributed by atoms with Crippen LogP contribution in [-0.4, -0.2) is 0 Å². The third-order valence-corrected chi connectivity index (χ3v) is 2.25. The standard InChI is InChI=1S/C14H20/c1-2-4-6-8-10-12-14-13-11-9-7-5-3-1/h1-4,7-10H,5-6,11-14H2/b3-1-,4-2?,9-7-,10-8+. The van der Waals surface area contributed by atoms with E-state index in [1.54, 1.807) is 0 Å².